The molecule has 3 aromatic rings. The summed E-state index contributed by atoms with van der Waals surface area (Å²) < 4.78 is 0. The highest BCUT2D eigenvalue weighted by Gasteiger charge is 2.06. The van der Waals surface area contributed by atoms with E-state index in [4.69, 9.17) is 0 Å². The van der Waals surface area contributed by atoms with Crippen LogP contribution in [-0.4, -0.2) is 10.2 Å². The van der Waals surface area contributed by atoms with Crippen molar-refractivity contribution in [1.82, 2.24) is 10.2 Å². The summed E-state index contributed by atoms with van der Waals surface area (Å²) >= 11 is 0. The lowest BCUT2D eigenvalue weighted by Crippen LogP contribution is -1.79. The molecule has 0 spiro atoms. The van der Waals surface area contributed by atoms with Crippen molar-refractivity contribution < 1.29 is 0 Å². The van der Waals surface area contributed by atoms with Crippen LogP contribution in [-0.2, 0) is 0 Å². The van der Waals surface area contributed by atoms with E-state index in [1.807, 2.05) is 18.2 Å². The molecule has 0 radical (unpaired) electrons. The number of H-pyrrole nitrogens is 1. The van der Waals surface area contributed by atoms with Crippen molar-refractivity contribution in [2.45, 2.75) is 6.92 Å². The second-order valence-corrected chi connectivity index (χ2v) is 3.98. The smallest absolute Gasteiger partial charge is 0.0999 e. The molecule has 0 bridgehead atoms. The number of aromatic nitrogens is 2. The summed E-state index contributed by atoms with van der Waals surface area (Å²) in [5, 5.41) is 8.59. The fourth-order valence-electron chi connectivity index (χ4n) is 1.89. The molecule has 0 saturated heterocycles. The lowest BCUT2D eigenvalue weighted by molar-refractivity contribution is 1.12. The molecule has 0 aliphatic carbocycles. The highest BCUT2D eigenvalue weighted by molar-refractivity contribution is 5.92. The van der Waals surface area contributed by atoms with Gasteiger partial charge in [0.05, 0.1) is 11.2 Å². The van der Waals surface area contributed by atoms with E-state index in [0.29, 0.717) is 0 Å². The van der Waals surface area contributed by atoms with Crippen LogP contribution in [0.3, 0.4) is 0 Å². The van der Waals surface area contributed by atoms with Crippen molar-refractivity contribution in [3.63, 3.8) is 0 Å². The van der Waals surface area contributed by atoms with Gasteiger partial charge in [-0.15, -0.1) is 0 Å². The Morgan fingerprint density at radius 2 is 1.69 bits per heavy atom. The second kappa shape index (κ2) is 3.49. The Morgan fingerprint density at radius 1 is 0.938 bits per heavy atom. The molecular formula is C14H12N2. The third kappa shape index (κ3) is 1.39. The van der Waals surface area contributed by atoms with Crippen molar-refractivity contribution >= 4 is 10.9 Å². The van der Waals surface area contributed by atoms with E-state index < -0.39 is 0 Å². The summed E-state index contributed by atoms with van der Waals surface area (Å²) in [4.78, 5) is 0. The molecule has 0 fully saturated rings. The number of hydrogen-bond acceptors (Lipinski definition) is 1. The average Bonchev–Trinajstić information content (AvgIpc) is 2.74. The quantitative estimate of drug-likeness (QED) is 0.651. The first kappa shape index (κ1) is 9.16. The van der Waals surface area contributed by atoms with Gasteiger partial charge in [0.2, 0.25) is 0 Å². The number of rotatable bonds is 1. The van der Waals surface area contributed by atoms with Gasteiger partial charge in [0.25, 0.3) is 0 Å². The molecule has 2 nitrogen and oxygen atoms in total. The molecule has 0 unspecified atom stereocenters. The van der Waals surface area contributed by atoms with Gasteiger partial charge in [-0.1, -0.05) is 48.0 Å². The molecule has 0 aliphatic heterocycles. The molecule has 0 atom stereocenters. The second-order valence-electron chi connectivity index (χ2n) is 3.98. The number of aromatic amines is 1. The number of para-hydroxylation sites is 1. The van der Waals surface area contributed by atoms with Crippen molar-refractivity contribution in [3.05, 3.63) is 54.1 Å². The fourth-order valence-corrected chi connectivity index (χ4v) is 1.89. The van der Waals surface area contributed by atoms with Gasteiger partial charge in [-0.3, -0.25) is 5.10 Å². The van der Waals surface area contributed by atoms with E-state index in [9.17, 15) is 0 Å². The van der Waals surface area contributed by atoms with Gasteiger partial charge in [0.15, 0.2) is 0 Å². The number of nitrogens with zero attached hydrogens (tertiary/aromatic N) is 1. The Hall–Kier alpha value is -2.09. The topological polar surface area (TPSA) is 28.7 Å². The zero-order valence-corrected chi connectivity index (χ0v) is 9.07. The summed E-state index contributed by atoms with van der Waals surface area (Å²) in [6, 6.07) is 16.6. The van der Waals surface area contributed by atoms with Gasteiger partial charge in [-0.25, -0.2) is 0 Å². The summed E-state index contributed by atoms with van der Waals surface area (Å²) in [6.45, 7) is 2.09. The Balaban J connectivity index is 2.22. The zero-order chi connectivity index (χ0) is 11.0. The van der Waals surface area contributed by atoms with Crippen LogP contribution >= 0.6 is 0 Å². The summed E-state index contributed by atoms with van der Waals surface area (Å²) in [7, 11) is 0. The largest absolute Gasteiger partial charge is 0.277 e. The predicted molar refractivity (Wildman–Crippen MR) is 66.3 cm³/mol. The van der Waals surface area contributed by atoms with Crippen LogP contribution in [0.2, 0.25) is 0 Å². The third-order valence-corrected chi connectivity index (χ3v) is 2.80. The van der Waals surface area contributed by atoms with Gasteiger partial charge >= 0.3 is 0 Å². The summed E-state index contributed by atoms with van der Waals surface area (Å²) in [5.41, 5.74) is 4.53. The Labute approximate surface area is 93.9 Å². The van der Waals surface area contributed by atoms with Crippen LogP contribution in [0.25, 0.3) is 22.2 Å². The van der Waals surface area contributed by atoms with Crippen molar-refractivity contribution in [1.29, 1.82) is 0 Å². The number of nitrogens with one attached hydrogen (secondary N) is 1. The molecule has 0 saturated carbocycles. The van der Waals surface area contributed by atoms with Crippen LogP contribution in [0.4, 0.5) is 0 Å². The molecule has 16 heavy (non-hydrogen) atoms. The molecule has 0 amide bonds. The molecule has 2 heteroatoms. The Kier molecular flexibility index (Phi) is 2.00. The van der Waals surface area contributed by atoms with Gasteiger partial charge in [0, 0.05) is 10.9 Å². The van der Waals surface area contributed by atoms with E-state index in [1.165, 1.54) is 10.9 Å². The Bertz CT molecular complexity index is 621. The molecule has 1 N–H and O–H groups in total. The monoisotopic (exact) mass is 208 g/mol. The molecule has 2 aromatic carbocycles. The lowest BCUT2D eigenvalue weighted by Gasteiger charge is -1.98. The summed E-state index contributed by atoms with van der Waals surface area (Å²) in [5.74, 6) is 0. The van der Waals surface area contributed by atoms with Gasteiger partial charge in [0.1, 0.15) is 0 Å². The van der Waals surface area contributed by atoms with E-state index in [1.54, 1.807) is 0 Å². The maximum absolute atomic E-state index is 4.37. The molecule has 78 valence electrons. The van der Waals surface area contributed by atoms with Gasteiger partial charge in [-0.05, 0) is 13.0 Å². The van der Waals surface area contributed by atoms with Crippen molar-refractivity contribution in [2.75, 3.05) is 0 Å². The first-order valence-corrected chi connectivity index (χ1v) is 5.35. The summed E-state index contributed by atoms with van der Waals surface area (Å²) in [6.07, 6.45) is 0. The average molecular weight is 208 g/mol. The van der Waals surface area contributed by atoms with Crippen LogP contribution in [0.15, 0.2) is 48.5 Å². The van der Waals surface area contributed by atoms with Crippen LogP contribution in [0, 0.1) is 6.92 Å². The van der Waals surface area contributed by atoms with Gasteiger partial charge < -0.3 is 0 Å². The lowest BCUT2D eigenvalue weighted by atomic mass is 10.1. The van der Waals surface area contributed by atoms with Crippen LogP contribution < -0.4 is 0 Å². The standard InChI is InChI=1S/C14H12N2/c1-10-6-8-11(9-7-10)14-12-4-2-3-5-13(12)15-16-14/h2-9H,1H3,(H,15,16). The number of fused-ring (bicyclic) bond motifs is 1. The fraction of sp³-hybridized carbons (Fsp3) is 0.0714. The minimum atomic E-state index is 1.02. The van der Waals surface area contributed by atoms with E-state index in [2.05, 4.69) is 47.5 Å². The highest BCUT2D eigenvalue weighted by Crippen LogP contribution is 2.25. The van der Waals surface area contributed by atoms with Crippen LogP contribution in [0.1, 0.15) is 5.56 Å². The number of aryl methyl sites for hydroxylation is 1. The normalized spacial score (nSPS) is 10.8. The predicted octanol–water partition coefficient (Wildman–Crippen LogP) is 3.54. The van der Waals surface area contributed by atoms with Crippen LogP contribution in [0.5, 0.6) is 0 Å². The first-order valence-electron chi connectivity index (χ1n) is 5.35. The minimum absolute atomic E-state index is 1.02. The molecule has 3 rings (SSSR count). The SMILES string of the molecule is Cc1ccc(-c2n[nH]c3ccccc23)cc1. The van der Waals surface area contributed by atoms with Gasteiger partial charge in [-0.2, -0.15) is 5.10 Å². The minimum Gasteiger partial charge on any atom is -0.277 e. The first-order chi connectivity index (χ1) is 7.84. The molecular weight excluding hydrogens is 196 g/mol. The van der Waals surface area contributed by atoms with E-state index in [-0.39, 0.29) is 0 Å². The van der Waals surface area contributed by atoms with E-state index in [0.717, 1.165) is 16.8 Å². The maximum Gasteiger partial charge on any atom is 0.0999 e. The van der Waals surface area contributed by atoms with Crippen molar-refractivity contribution in [3.8, 4) is 11.3 Å². The molecule has 0 aliphatic rings. The number of benzene rings is 2. The molecule has 1 aromatic heterocycles. The Morgan fingerprint density at radius 3 is 2.50 bits per heavy atom. The maximum atomic E-state index is 4.37. The number of hydrogen-bond donors (Lipinski definition) is 1. The van der Waals surface area contributed by atoms with E-state index >= 15 is 0 Å². The zero-order valence-electron chi connectivity index (χ0n) is 9.07. The highest BCUT2D eigenvalue weighted by atomic mass is 15.1. The van der Waals surface area contributed by atoms with Crippen molar-refractivity contribution in [2.24, 2.45) is 0 Å². The third-order valence-electron chi connectivity index (χ3n) is 2.80. The molecule has 1 heterocycles.